The summed E-state index contributed by atoms with van der Waals surface area (Å²) in [4.78, 5) is 23.4. The lowest BCUT2D eigenvalue weighted by Gasteiger charge is -2.59. The molecule has 156 valence electrons. The van der Waals surface area contributed by atoms with E-state index < -0.39 is 29.6 Å². The van der Waals surface area contributed by atoms with Gasteiger partial charge in [0, 0.05) is 12.3 Å². The van der Waals surface area contributed by atoms with Gasteiger partial charge in [-0.15, -0.1) is 0 Å². The number of carbonyl (C=O) groups is 2. The van der Waals surface area contributed by atoms with Crippen LogP contribution in [0.2, 0.25) is 0 Å². The fourth-order valence-electron chi connectivity index (χ4n) is 5.85. The highest BCUT2D eigenvalue weighted by molar-refractivity contribution is 5.92. The molecule has 28 heavy (non-hydrogen) atoms. The van der Waals surface area contributed by atoms with Gasteiger partial charge in [-0.3, -0.25) is 4.79 Å². The number of aliphatic hydroxyl groups excluding tert-OH is 2. The van der Waals surface area contributed by atoms with Gasteiger partial charge in [-0.2, -0.15) is 0 Å². The predicted octanol–water partition coefficient (Wildman–Crippen LogP) is 2.53. The van der Waals surface area contributed by atoms with Gasteiger partial charge in [0.05, 0.1) is 18.3 Å². The quantitative estimate of drug-likeness (QED) is 0.434. The molecule has 2 aliphatic carbocycles. The molecule has 1 saturated heterocycles. The number of hydrogen-bond acceptors (Lipinski definition) is 6. The van der Waals surface area contributed by atoms with E-state index in [1.807, 2.05) is 13.0 Å². The second-order valence-electron chi connectivity index (χ2n) is 9.12. The lowest BCUT2D eigenvalue weighted by molar-refractivity contribution is -0.151. The van der Waals surface area contributed by atoms with E-state index in [0.717, 1.165) is 24.8 Å². The first-order chi connectivity index (χ1) is 13.1. The van der Waals surface area contributed by atoms with E-state index in [0.29, 0.717) is 18.4 Å². The largest absolute Gasteiger partial charge is 0.458 e. The highest BCUT2D eigenvalue weighted by Crippen LogP contribution is 2.61. The second-order valence-corrected chi connectivity index (χ2v) is 9.12. The van der Waals surface area contributed by atoms with Crippen LogP contribution in [0.3, 0.4) is 0 Å². The van der Waals surface area contributed by atoms with Crippen LogP contribution in [-0.4, -0.2) is 47.6 Å². The van der Waals surface area contributed by atoms with Gasteiger partial charge >= 0.3 is 11.9 Å². The van der Waals surface area contributed by atoms with Crippen molar-refractivity contribution in [2.45, 2.75) is 65.1 Å². The van der Waals surface area contributed by atoms with E-state index in [1.54, 1.807) is 0 Å². The minimum absolute atomic E-state index is 0.0461. The SMILES string of the molecule is C=C1CC[C@@H]2[C@](C)(CO)[C@H](O)CC[C@@]2(C)[C@@H]1C/C=C1/C(=O)OC[C@H]1OC(C)=O. The van der Waals surface area contributed by atoms with E-state index in [-0.39, 0.29) is 30.5 Å². The summed E-state index contributed by atoms with van der Waals surface area (Å²) in [5.74, 6) is -0.581. The maximum atomic E-state index is 12.1. The maximum absolute atomic E-state index is 12.1. The van der Waals surface area contributed by atoms with Gasteiger partial charge in [0.2, 0.25) is 0 Å². The molecular weight excluding hydrogens is 360 g/mol. The number of hydrogen-bond donors (Lipinski definition) is 2. The van der Waals surface area contributed by atoms with E-state index in [4.69, 9.17) is 9.47 Å². The number of aliphatic hydroxyl groups is 2. The third kappa shape index (κ3) is 3.41. The van der Waals surface area contributed by atoms with Crippen molar-refractivity contribution in [1.29, 1.82) is 0 Å². The number of cyclic esters (lactones) is 1. The van der Waals surface area contributed by atoms with Crippen molar-refractivity contribution in [3.63, 3.8) is 0 Å². The van der Waals surface area contributed by atoms with Crippen LogP contribution in [0.15, 0.2) is 23.8 Å². The number of esters is 2. The Balaban J connectivity index is 1.87. The number of ether oxygens (including phenoxy) is 2. The van der Waals surface area contributed by atoms with Gasteiger partial charge in [0.25, 0.3) is 0 Å². The molecule has 0 unspecified atom stereocenters. The summed E-state index contributed by atoms with van der Waals surface area (Å²) >= 11 is 0. The number of carbonyl (C=O) groups excluding carboxylic acids is 2. The third-order valence-electron chi connectivity index (χ3n) is 7.52. The summed E-state index contributed by atoms with van der Waals surface area (Å²) in [6.07, 6.45) is 4.50. The normalized spacial score (nSPS) is 42.2. The van der Waals surface area contributed by atoms with Crippen LogP contribution in [0.1, 0.15) is 52.9 Å². The Hall–Kier alpha value is -1.66. The Labute approximate surface area is 166 Å². The molecule has 0 aromatic carbocycles. The Morgan fingerprint density at radius 2 is 2.11 bits per heavy atom. The molecule has 0 aromatic heterocycles. The fourth-order valence-corrected chi connectivity index (χ4v) is 5.85. The van der Waals surface area contributed by atoms with Crippen molar-refractivity contribution in [2.24, 2.45) is 22.7 Å². The third-order valence-corrected chi connectivity index (χ3v) is 7.52. The van der Waals surface area contributed by atoms with Crippen molar-refractivity contribution >= 4 is 11.9 Å². The molecule has 0 radical (unpaired) electrons. The van der Waals surface area contributed by atoms with E-state index in [2.05, 4.69) is 13.5 Å². The molecule has 0 amide bonds. The molecule has 3 fully saturated rings. The first-order valence-corrected chi connectivity index (χ1v) is 10.1. The molecule has 0 aromatic rings. The van der Waals surface area contributed by atoms with E-state index in [9.17, 15) is 19.8 Å². The standard InChI is InChI=1S/C22H32O6/c1-13-5-8-18-21(3,10-9-19(25)22(18,4)12-23)16(13)7-6-15-17(28-14(2)24)11-27-20(15)26/h6,16-19,23,25H,1,5,7-12H2,2-4H3/b15-6+/t16-,17-,18+,19-,21+,22+/m1/s1. The van der Waals surface area contributed by atoms with Gasteiger partial charge < -0.3 is 19.7 Å². The van der Waals surface area contributed by atoms with Crippen molar-refractivity contribution in [3.05, 3.63) is 23.8 Å². The van der Waals surface area contributed by atoms with E-state index >= 15 is 0 Å². The minimum atomic E-state index is -0.652. The summed E-state index contributed by atoms with van der Waals surface area (Å²) in [5.41, 5.74) is 0.881. The fraction of sp³-hybridized carbons (Fsp3) is 0.727. The maximum Gasteiger partial charge on any atom is 0.337 e. The van der Waals surface area contributed by atoms with Crippen molar-refractivity contribution in [1.82, 2.24) is 0 Å². The average molecular weight is 392 g/mol. The van der Waals surface area contributed by atoms with Gasteiger partial charge in [-0.25, -0.2) is 4.79 Å². The Kier molecular flexibility index (Phi) is 5.74. The van der Waals surface area contributed by atoms with Crippen molar-refractivity contribution < 1.29 is 29.3 Å². The minimum Gasteiger partial charge on any atom is -0.458 e. The lowest BCUT2D eigenvalue weighted by Crippen LogP contribution is -2.57. The Morgan fingerprint density at radius 1 is 1.39 bits per heavy atom. The van der Waals surface area contributed by atoms with Crippen LogP contribution < -0.4 is 0 Å². The van der Waals surface area contributed by atoms with Crippen LogP contribution >= 0.6 is 0 Å². The highest BCUT2D eigenvalue weighted by atomic mass is 16.6. The van der Waals surface area contributed by atoms with E-state index in [1.165, 1.54) is 6.92 Å². The van der Waals surface area contributed by atoms with Gasteiger partial charge in [0.15, 0.2) is 6.10 Å². The lowest BCUT2D eigenvalue weighted by atomic mass is 9.46. The summed E-state index contributed by atoms with van der Waals surface area (Å²) in [6.45, 7) is 9.84. The average Bonchev–Trinajstić information content (AvgIpc) is 2.97. The summed E-state index contributed by atoms with van der Waals surface area (Å²) in [7, 11) is 0. The predicted molar refractivity (Wildman–Crippen MR) is 103 cm³/mol. The summed E-state index contributed by atoms with van der Waals surface area (Å²) in [6, 6.07) is 0. The van der Waals surface area contributed by atoms with Crippen LogP contribution in [0.4, 0.5) is 0 Å². The van der Waals surface area contributed by atoms with Crippen LogP contribution in [0.25, 0.3) is 0 Å². The van der Waals surface area contributed by atoms with Crippen LogP contribution in [0.5, 0.6) is 0 Å². The van der Waals surface area contributed by atoms with Gasteiger partial charge in [-0.1, -0.05) is 32.1 Å². The summed E-state index contributed by atoms with van der Waals surface area (Å²) in [5, 5.41) is 20.7. The zero-order valence-corrected chi connectivity index (χ0v) is 17.1. The molecule has 2 saturated carbocycles. The molecule has 0 spiro atoms. The molecule has 0 bridgehead atoms. The molecular formula is C22H32O6. The molecule has 6 heteroatoms. The van der Waals surface area contributed by atoms with Gasteiger partial charge in [-0.05, 0) is 49.4 Å². The summed E-state index contributed by atoms with van der Waals surface area (Å²) < 4.78 is 10.3. The number of rotatable bonds is 4. The molecule has 1 aliphatic heterocycles. The van der Waals surface area contributed by atoms with Crippen LogP contribution in [-0.2, 0) is 19.1 Å². The highest BCUT2D eigenvalue weighted by Gasteiger charge is 2.57. The van der Waals surface area contributed by atoms with Gasteiger partial charge in [0.1, 0.15) is 6.61 Å². The molecule has 3 rings (SSSR count). The number of fused-ring (bicyclic) bond motifs is 1. The zero-order chi connectivity index (χ0) is 20.7. The Bertz CT molecular complexity index is 697. The number of allylic oxidation sites excluding steroid dienone is 2. The topological polar surface area (TPSA) is 93.1 Å². The molecule has 3 aliphatic rings. The molecule has 6 nitrogen and oxygen atoms in total. The van der Waals surface area contributed by atoms with Crippen molar-refractivity contribution in [2.75, 3.05) is 13.2 Å². The molecule has 1 heterocycles. The smallest absolute Gasteiger partial charge is 0.337 e. The first-order valence-electron chi connectivity index (χ1n) is 10.1. The zero-order valence-electron chi connectivity index (χ0n) is 17.1. The Morgan fingerprint density at radius 3 is 2.75 bits per heavy atom. The monoisotopic (exact) mass is 392 g/mol. The second kappa shape index (κ2) is 7.64. The molecule has 6 atom stereocenters. The van der Waals surface area contributed by atoms with Crippen molar-refractivity contribution in [3.8, 4) is 0 Å². The molecule has 2 N–H and O–H groups in total. The van der Waals surface area contributed by atoms with Crippen LogP contribution in [0, 0.1) is 22.7 Å². The first kappa shape index (κ1) is 21.1.